The van der Waals surface area contributed by atoms with E-state index >= 15 is 0 Å². The van der Waals surface area contributed by atoms with Gasteiger partial charge in [0.1, 0.15) is 5.75 Å². The van der Waals surface area contributed by atoms with E-state index in [0.29, 0.717) is 26.2 Å². The molecule has 1 aliphatic heterocycles. The van der Waals surface area contributed by atoms with Crippen LogP contribution in [0, 0.1) is 0 Å². The highest BCUT2D eigenvalue weighted by molar-refractivity contribution is 5.82. The van der Waals surface area contributed by atoms with Gasteiger partial charge in [0.05, 0.1) is 18.8 Å². The number of nitrogens with one attached hydrogen (secondary N) is 1. The molecular weight excluding hydrogens is 230 g/mol. The second-order valence-electron chi connectivity index (χ2n) is 4.23. The van der Waals surface area contributed by atoms with Crippen molar-refractivity contribution in [1.29, 1.82) is 0 Å². The van der Waals surface area contributed by atoms with Crippen LogP contribution in [0.15, 0.2) is 24.3 Å². The van der Waals surface area contributed by atoms with Crippen molar-refractivity contribution < 1.29 is 9.53 Å². The van der Waals surface area contributed by atoms with Crippen molar-refractivity contribution in [2.75, 3.05) is 37.7 Å². The summed E-state index contributed by atoms with van der Waals surface area (Å²) in [5, 5.41) is 2.78. The van der Waals surface area contributed by atoms with Gasteiger partial charge in [0.15, 0.2) is 0 Å². The lowest BCUT2D eigenvalue weighted by Gasteiger charge is -2.22. The van der Waals surface area contributed by atoms with Crippen molar-refractivity contribution >= 4 is 11.6 Å². The summed E-state index contributed by atoms with van der Waals surface area (Å²) in [6.45, 7) is 2.85. The van der Waals surface area contributed by atoms with Crippen LogP contribution >= 0.6 is 0 Å². The van der Waals surface area contributed by atoms with Crippen molar-refractivity contribution in [1.82, 2.24) is 5.32 Å². The van der Waals surface area contributed by atoms with Crippen molar-refractivity contribution in [3.05, 3.63) is 24.3 Å². The molecule has 1 amide bonds. The maximum atomic E-state index is 11.7. The molecule has 2 rings (SSSR count). The third kappa shape index (κ3) is 3.13. The fraction of sp³-hybridized carbons (Fsp3) is 0.462. The number of nitrogens with zero attached hydrogens (tertiary/aromatic N) is 1. The Bertz CT molecular complexity index is 409. The van der Waals surface area contributed by atoms with Crippen LogP contribution in [0.1, 0.15) is 6.42 Å². The van der Waals surface area contributed by atoms with Gasteiger partial charge in [-0.05, 0) is 18.6 Å². The van der Waals surface area contributed by atoms with Gasteiger partial charge < -0.3 is 20.7 Å². The van der Waals surface area contributed by atoms with E-state index in [4.69, 9.17) is 10.5 Å². The van der Waals surface area contributed by atoms with Crippen molar-refractivity contribution in [2.45, 2.75) is 6.42 Å². The van der Waals surface area contributed by atoms with E-state index in [0.717, 1.165) is 24.4 Å². The summed E-state index contributed by atoms with van der Waals surface area (Å²) >= 11 is 0. The first-order chi connectivity index (χ1) is 8.81. The van der Waals surface area contributed by atoms with Crippen LogP contribution < -0.4 is 20.7 Å². The number of para-hydroxylation sites is 2. The molecule has 0 fully saturated rings. The van der Waals surface area contributed by atoms with Gasteiger partial charge in [0.2, 0.25) is 5.91 Å². The first kappa shape index (κ1) is 12.7. The highest BCUT2D eigenvalue weighted by Gasteiger charge is 2.17. The monoisotopic (exact) mass is 249 g/mol. The van der Waals surface area contributed by atoms with Gasteiger partial charge in [0.25, 0.3) is 0 Å². The Morgan fingerprint density at radius 1 is 1.44 bits per heavy atom. The molecule has 18 heavy (non-hydrogen) atoms. The largest absolute Gasteiger partial charge is 0.491 e. The summed E-state index contributed by atoms with van der Waals surface area (Å²) < 4.78 is 5.65. The minimum atomic E-state index is -0.00264. The first-order valence-corrected chi connectivity index (χ1v) is 6.25. The minimum absolute atomic E-state index is 0.00264. The molecule has 0 atom stereocenters. The Balaban J connectivity index is 2.06. The number of rotatable bonds is 4. The summed E-state index contributed by atoms with van der Waals surface area (Å²) in [6.07, 6.45) is 0.916. The maximum Gasteiger partial charge on any atom is 0.239 e. The predicted molar refractivity (Wildman–Crippen MR) is 70.8 cm³/mol. The molecule has 98 valence electrons. The lowest BCUT2D eigenvalue weighted by Crippen LogP contribution is -2.39. The average Bonchev–Trinajstić information content (AvgIpc) is 2.59. The van der Waals surface area contributed by atoms with E-state index < -0.39 is 0 Å². The standard InChI is InChI=1S/C13H19N3O2/c14-6-7-15-13(17)10-16-8-3-9-18-12-5-2-1-4-11(12)16/h1-2,4-5H,3,6-10,14H2,(H,15,17). The molecule has 0 saturated heterocycles. The summed E-state index contributed by atoms with van der Waals surface area (Å²) in [5.74, 6) is 0.846. The van der Waals surface area contributed by atoms with Crippen LogP contribution in [0.2, 0.25) is 0 Å². The molecule has 1 aliphatic rings. The third-order valence-electron chi connectivity index (χ3n) is 2.84. The predicted octanol–water partition coefficient (Wildman–Crippen LogP) is 0.350. The highest BCUT2D eigenvalue weighted by Crippen LogP contribution is 2.29. The van der Waals surface area contributed by atoms with Crippen LogP contribution in [-0.4, -0.2) is 38.7 Å². The molecule has 1 aromatic carbocycles. The lowest BCUT2D eigenvalue weighted by atomic mass is 10.2. The number of anilines is 1. The van der Waals surface area contributed by atoms with Gasteiger partial charge in [-0.1, -0.05) is 12.1 Å². The zero-order chi connectivity index (χ0) is 12.8. The molecule has 0 saturated carbocycles. The summed E-state index contributed by atoms with van der Waals surface area (Å²) in [6, 6.07) is 7.82. The number of carbonyl (C=O) groups excluding carboxylic acids is 1. The third-order valence-corrected chi connectivity index (χ3v) is 2.84. The number of hydrogen-bond donors (Lipinski definition) is 2. The normalized spacial score (nSPS) is 14.4. The Hall–Kier alpha value is -1.75. The molecule has 5 nitrogen and oxygen atoms in total. The van der Waals surface area contributed by atoms with Gasteiger partial charge >= 0.3 is 0 Å². The lowest BCUT2D eigenvalue weighted by molar-refractivity contribution is -0.119. The highest BCUT2D eigenvalue weighted by atomic mass is 16.5. The second-order valence-corrected chi connectivity index (χ2v) is 4.23. The molecule has 0 radical (unpaired) electrons. The van der Waals surface area contributed by atoms with Crippen LogP contribution in [-0.2, 0) is 4.79 Å². The Labute approximate surface area is 107 Å². The summed E-state index contributed by atoms with van der Waals surface area (Å²) in [7, 11) is 0. The maximum absolute atomic E-state index is 11.7. The molecule has 0 aromatic heterocycles. The number of hydrogen-bond acceptors (Lipinski definition) is 4. The molecule has 0 spiro atoms. The number of ether oxygens (including phenoxy) is 1. The topological polar surface area (TPSA) is 67.6 Å². The number of nitrogens with two attached hydrogens (primary N) is 1. The second kappa shape index (κ2) is 6.26. The molecule has 0 bridgehead atoms. The van der Waals surface area contributed by atoms with Crippen molar-refractivity contribution in [2.24, 2.45) is 5.73 Å². The van der Waals surface area contributed by atoms with Crippen molar-refractivity contribution in [3.63, 3.8) is 0 Å². The molecule has 5 heteroatoms. The Morgan fingerprint density at radius 3 is 3.11 bits per heavy atom. The van der Waals surface area contributed by atoms with E-state index in [-0.39, 0.29) is 5.91 Å². The van der Waals surface area contributed by atoms with E-state index in [1.54, 1.807) is 0 Å². The van der Waals surface area contributed by atoms with Crippen LogP contribution in [0.4, 0.5) is 5.69 Å². The van der Waals surface area contributed by atoms with Crippen LogP contribution in [0.5, 0.6) is 5.75 Å². The fourth-order valence-corrected chi connectivity index (χ4v) is 2.00. The van der Waals surface area contributed by atoms with Gasteiger partial charge in [0, 0.05) is 19.6 Å². The average molecular weight is 249 g/mol. The first-order valence-electron chi connectivity index (χ1n) is 6.25. The van der Waals surface area contributed by atoms with E-state index in [1.165, 1.54) is 0 Å². The number of amides is 1. The molecule has 0 unspecified atom stereocenters. The number of benzene rings is 1. The fourth-order valence-electron chi connectivity index (χ4n) is 2.00. The molecule has 0 aliphatic carbocycles. The van der Waals surface area contributed by atoms with Crippen molar-refractivity contribution in [3.8, 4) is 5.75 Å². The Kier molecular flexibility index (Phi) is 4.41. The van der Waals surface area contributed by atoms with Crippen LogP contribution in [0.25, 0.3) is 0 Å². The SMILES string of the molecule is NCCNC(=O)CN1CCCOc2ccccc21. The Morgan fingerprint density at radius 2 is 2.28 bits per heavy atom. The minimum Gasteiger partial charge on any atom is -0.491 e. The summed E-state index contributed by atoms with van der Waals surface area (Å²) in [5.41, 5.74) is 6.35. The van der Waals surface area contributed by atoms with Crippen LogP contribution in [0.3, 0.4) is 0 Å². The number of carbonyl (C=O) groups is 1. The van der Waals surface area contributed by atoms with E-state index in [2.05, 4.69) is 5.32 Å². The van der Waals surface area contributed by atoms with Gasteiger partial charge in [-0.25, -0.2) is 0 Å². The van der Waals surface area contributed by atoms with E-state index in [1.807, 2.05) is 29.2 Å². The van der Waals surface area contributed by atoms with Gasteiger partial charge in [-0.15, -0.1) is 0 Å². The summed E-state index contributed by atoms with van der Waals surface area (Å²) in [4.78, 5) is 13.8. The smallest absolute Gasteiger partial charge is 0.239 e. The van der Waals surface area contributed by atoms with Gasteiger partial charge in [-0.3, -0.25) is 4.79 Å². The van der Waals surface area contributed by atoms with E-state index in [9.17, 15) is 4.79 Å². The number of fused-ring (bicyclic) bond motifs is 1. The molecular formula is C13H19N3O2. The zero-order valence-electron chi connectivity index (χ0n) is 10.4. The van der Waals surface area contributed by atoms with Gasteiger partial charge in [-0.2, -0.15) is 0 Å². The zero-order valence-corrected chi connectivity index (χ0v) is 10.4. The molecule has 1 aromatic rings. The molecule has 1 heterocycles. The quantitative estimate of drug-likeness (QED) is 0.808. The molecule has 3 N–H and O–H groups in total.